The van der Waals surface area contributed by atoms with Gasteiger partial charge in [0, 0.05) is 5.56 Å². The summed E-state index contributed by atoms with van der Waals surface area (Å²) in [7, 11) is 0. The zero-order chi connectivity index (χ0) is 13.5. The summed E-state index contributed by atoms with van der Waals surface area (Å²) in [6.45, 7) is 0.709. The lowest BCUT2D eigenvalue weighted by atomic mass is 10.2. The number of ether oxygens (including phenoxy) is 2. The fourth-order valence-electron chi connectivity index (χ4n) is 1.57. The summed E-state index contributed by atoms with van der Waals surface area (Å²) < 4.78 is 10.8. The maximum Gasteiger partial charge on any atom is 0.189 e. The van der Waals surface area contributed by atoms with Crippen molar-refractivity contribution in [2.75, 3.05) is 6.79 Å². The van der Waals surface area contributed by atoms with Gasteiger partial charge in [-0.05, 0) is 29.8 Å². The highest BCUT2D eigenvalue weighted by atomic mass is 16.7. The molecular formula is C15H16N2O2. The molecule has 0 spiro atoms. The zero-order valence-electron chi connectivity index (χ0n) is 10.5. The minimum absolute atomic E-state index is 0.0480. The second-order valence-corrected chi connectivity index (χ2v) is 4.03. The number of nitrogens with two attached hydrogens (primary N) is 1. The summed E-state index contributed by atoms with van der Waals surface area (Å²) in [4.78, 5) is 0. The van der Waals surface area contributed by atoms with E-state index in [0.29, 0.717) is 17.9 Å². The summed E-state index contributed by atoms with van der Waals surface area (Å²) in [5.74, 6) is 0.741. The van der Waals surface area contributed by atoms with E-state index in [9.17, 15) is 0 Å². The molecule has 98 valence electrons. The Morgan fingerprint density at radius 2 is 1.68 bits per heavy atom. The van der Waals surface area contributed by atoms with E-state index in [0.717, 1.165) is 5.56 Å². The average molecular weight is 256 g/mol. The maximum atomic E-state index is 7.28. The lowest BCUT2D eigenvalue weighted by Gasteiger charge is -2.07. The minimum atomic E-state index is 0.0480. The SMILES string of the molecule is N=C(N)c1ccc(OCOCc2ccccc2)cc1. The van der Waals surface area contributed by atoms with Crippen LogP contribution in [0.4, 0.5) is 0 Å². The molecule has 0 bridgehead atoms. The standard InChI is InChI=1S/C15H16N2O2/c16-15(17)13-6-8-14(9-7-13)19-11-18-10-12-4-2-1-3-5-12/h1-9H,10-11H2,(H3,16,17). The first-order valence-corrected chi connectivity index (χ1v) is 5.94. The molecule has 2 aromatic carbocycles. The van der Waals surface area contributed by atoms with Crippen LogP contribution in [-0.4, -0.2) is 12.6 Å². The van der Waals surface area contributed by atoms with Crippen molar-refractivity contribution in [2.24, 2.45) is 5.73 Å². The van der Waals surface area contributed by atoms with E-state index in [4.69, 9.17) is 20.6 Å². The van der Waals surface area contributed by atoms with Crippen molar-refractivity contribution in [2.45, 2.75) is 6.61 Å². The average Bonchev–Trinajstić information content (AvgIpc) is 2.45. The molecule has 0 heterocycles. The van der Waals surface area contributed by atoms with Gasteiger partial charge in [0.25, 0.3) is 0 Å². The Hall–Kier alpha value is -2.33. The second-order valence-electron chi connectivity index (χ2n) is 4.03. The largest absolute Gasteiger partial charge is 0.468 e. The molecule has 0 aromatic heterocycles. The molecule has 4 heteroatoms. The topological polar surface area (TPSA) is 68.3 Å². The molecule has 0 aliphatic carbocycles. The summed E-state index contributed by atoms with van der Waals surface area (Å²) in [6.07, 6.45) is 0. The van der Waals surface area contributed by atoms with Crippen LogP contribution >= 0.6 is 0 Å². The van der Waals surface area contributed by atoms with E-state index in [-0.39, 0.29) is 12.6 Å². The molecule has 3 N–H and O–H groups in total. The molecule has 0 saturated heterocycles. The van der Waals surface area contributed by atoms with Crippen molar-refractivity contribution >= 4 is 5.84 Å². The first-order chi connectivity index (χ1) is 9.25. The molecule has 0 radical (unpaired) electrons. The fourth-order valence-corrected chi connectivity index (χ4v) is 1.57. The van der Waals surface area contributed by atoms with Gasteiger partial charge in [-0.15, -0.1) is 0 Å². The zero-order valence-corrected chi connectivity index (χ0v) is 10.5. The van der Waals surface area contributed by atoms with Crippen LogP contribution in [0.15, 0.2) is 54.6 Å². The van der Waals surface area contributed by atoms with E-state index in [1.807, 2.05) is 30.3 Å². The monoisotopic (exact) mass is 256 g/mol. The smallest absolute Gasteiger partial charge is 0.189 e. The van der Waals surface area contributed by atoms with Crippen molar-refractivity contribution < 1.29 is 9.47 Å². The lowest BCUT2D eigenvalue weighted by Crippen LogP contribution is -2.10. The third kappa shape index (κ3) is 4.12. The van der Waals surface area contributed by atoms with Crippen LogP contribution in [-0.2, 0) is 11.3 Å². The van der Waals surface area contributed by atoms with E-state index in [2.05, 4.69) is 0 Å². The number of hydrogen-bond donors (Lipinski definition) is 2. The quantitative estimate of drug-likeness (QED) is 0.361. The van der Waals surface area contributed by atoms with Gasteiger partial charge in [0.1, 0.15) is 11.6 Å². The van der Waals surface area contributed by atoms with Gasteiger partial charge in [0.05, 0.1) is 6.61 Å². The van der Waals surface area contributed by atoms with Gasteiger partial charge in [0.2, 0.25) is 0 Å². The highest BCUT2D eigenvalue weighted by molar-refractivity contribution is 5.94. The van der Waals surface area contributed by atoms with Crippen LogP contribution in [0.2, 0.25) is 0 Å². The van der Waals surface area contributed by atoms with Crippen molar-refractivity contribution in [3.63, 3.8) is 0 Å². The van der Waals surface area contributed by atoms with Gasteiger partial charge in [-0.3, -0.25) is 5.41 Å². The van der Waals surface area contributed by atoms with Crippen molar-refractivity contribution in [1.29, 1.82) is 5.41 Å². The van der Waals surface area contributed by atoms with Gasteiger partial charge < -0.3 is 15.2 Å². The number of amidine groups is 1. The Morgan fingerprint density at radius 1 is 1.00 bits per heavy atom. The van der Waals surface area contributed by atoms with Crippen LogP contribution in [0.3, 0.4) is 0 Å². The van der Waals surface area contributed by atoms with E-state index in [1.165, 1.54) is 0 Å². The number of nitrogen functional groups attached to an aromatic ring is 1. The van der Waals surface area contributed by atoms with Crippen LogP contribution in [0.1, 0.15) is 11.1 Å². The van der Waals surface area contributed by atoms with Crippen LogP contribution in [0.5, 0.6) is 5.75 Å². The van der Waals surface area contributed by atoms with E-state index >= 15 is 0 Å². The highest BCUT2D eigenvalue weighted by Crippen LogP contribution is 2.12. The third-order valence-corrected chi connectivity index (χ3v) is 2.59. The first kappa shape index (κ1) is 13.1. The summed E-state index contributed by atoms with van der Waals surface area (Å²) in [5, 5.41) is 7.28. The normalized spacial score (nSPS) is 10.1. The first-order valence-electron chi connectivity index (χ1n) is 5.94. The van der Waals surface area contributed by atoms with Crippen molar-refractivity contribution in [1.82, 2.24) is 0 Å². The molecule has 19 heavy (non-hydrogen) atoms. The highest BCUT2D eigenvalue weighted by Gasteiger charge is 1.98. The lowest BCUT2D eigenvalue weighted by molar-refractivity contribution is 0.00505. The van der Waals surface area contributed by atoms with Crippen LogP contribution in [0, 0.1) is 5.41 Å². The van der Waals surface area contributed by atoms with Crippen LogP contribution < -0.4 is 10.5 Å². The van der Waals surface area contributed by atoms with Crippen molar-refractivity contribution in [3.8, 4) is 5.75 Å². The van der Waals surface area contributed by atoms with Gasteiger partial charge in [-0.1, -0.05) is 30.3 Å². The summed E-state index contributed by atoms with van der Waals surface area (Å²) >= 11 is 0. The predicted octanol–water partition coefficient (Wildman–Crippen LogP) is 2.52. The Bertz CT molecular complexity index is 524. The Labute approximate surface area is 112 Å². The molecule has 0 fully saturated rings. The Balaban J connectivity index is 1.75. The summed E-state index contributed by atoms with van der Waals surface area (Å²) in [6, 6.07) is 16.9. The second kappa shape index (κ2) is 6.56. The Morgan fingerprint density at radius 3 is 2.32 bits per heavy atom. The summed E-state index contributed by atoms with van der Waals surface area (Å²) in [5.41, 5.74) is 7.16. The molecule has 4 nitrogen and oxygen atoms in total. The number of benzene rings is 2. The van der Waals surface area contributed by atoms with Gasteiger partial charge in [-0.2, -0.15) is 0 Å². The molecule has 0 aliphatic rings. The molecule has 0 atom stereocenters. The molecule has 0 aliphatic heterocycles. The van der Waals surface area contributed by atoms with Gasteiger partial charge in [0.15, 0.2) is 6.79 Å². The maximum absolute atomic E-state index is 7.28. The molecule has 0 unspecified atom stereocenters. The predicted molar refractivity (Wildman–Crippen MR) is 74.2 cm³/mol. The number of rotatable bonds is 6. The van der Waals surface area contributed by atoms with Crippen molar-refractivity contribution in [3.05, 3.63) is 65.7 Å². The third-order valence-electron chi connectivity index (χ3n) is 2.59. The van der Waals surface area contributed by atoms with E-state index < -0.39 is 0 Å². The molecular weight excluding hydrogens is 240 g/mol. The van der Waals surface area contributed by atoms with Gasteiger partial charge >= 0.3 is 0 Å². The molecule has 0 saturated carbocycles. The Kier molecular flexibility index (Phi) is 4.53. The minimum Gasteiger partial charge on any atom is -0.468 e. The van der Waals surface area contributed by atoms with Gasteiger partial charge in [-0.25, -0.2) is 0 Å². The fraction of sp³-hybridized carbons (Fsp3) is 0.133. The van der Waals surface area contributed by atoms with Crippen LogP contribution in [0.25, 0.3) is 0 Å². The number of hydrogen-bond acceptors (Lipinski definition) is 3. The molecule has 2 rings (SSSR count). The number of nitrogens with one attached hydrogen (secondary N) is 1. The molecule has 2 aromatic rings. The van der Waals surface area contributed by atoms with E-state index in [1.54, 1.807) is 24.3 Å². The molecule has 0 amide bonds.